The number of rotatable bonds is 10. The first-order valence-electron chi connectivity index (χ1n) is 10.3. The second kappa shape index (κ2) is 11.2. The minimum atomic E-state index is -0.616. The lowest BCUT2D eigenvalue weighted by atomic mass is 9.86. The zero-order valence-electron chi connectivity index (χ0n) is 18.6. The maximum atomic E-state index is 12.4. The van der Waals surface area contributed by atoms with Crippen LogP contribution in [0, 0.1) is 5.41 Å². The molecule has 2 unspecified atom stereocenters. The Labute approximate surface area is 166 Å². The van der Waals surface area contributed by atoms with Gasteiger partial charge in [-0.1, -0.05) is 20.8 Å². The van der Waals surface area contributed by atoms with Gasteiger partial charge in [0.25, 0.3) is 0 Å². The smallest absolute Gasteiger partial charge is 0.315 e. The minimum absolute atomic E-state index is 0.0321. The van der Waals surface area contributed by atoms with Crippen LogP contribution in [-0.4, -0.2) is 98.0 Å². The molecule has 0 aromatic carbocycles. The van der Waals surface area contributed by atoms with Crippen molar-refractivity contribution in [3.8, 4) is 0 Å². The minimum Gasteiger partial charge on any atom is -0.376 e. The predicted molar refractivity (Wildman–Crippen MR) is 112 cm³/mol. The SMILES string of the molecule is C[C@@H]1CCCN1C(O)CNC(=O)NC(CN(C)CCCN(C)C)C(C)(C)C. The Morgan fingerprint density at radius 1 is 1.26 bits per heavy atom. The van der Waals surface area contributed by atoms with Crippen LogP contribution < -0.4 is 10.6 Å². The molecular formula is C20H43N5O2. The molecule has 27 heavy (non-hydrogen) atoms. The van der Waals surface area contributed by atoms with Gasteiger partial charge in [-0.15, -0.1) is 0 Å². The van der Waals surface area contributed by atoms with Crippen molar-refractivity contribution in [2.45, 2.75) is 65.3 Å². The van der Waals surface area contributed by atoms with Crippen molar-refractivity contribution in [1.82, 2.24) is 25.3 Å². The van der Waals surface area contributed by atoms with Crippen LogP contribution in [0.5, 0.6) is 0 Å². The Bertz CT molecular complexity index is 439. The summed E-state index contributed by atoms with van der Waals surface area (Å²) in [5, 5.41) is 16.3. The molecule has 160 valence electrons. The third kappa shape index (κ3) is 9.23. The molecule has 0 saturated carbocycles. The second-order valence-electron chi connectivity index (χ2n) is 9.40. The fourth-order valence-corrected chi connectivity index (χ4v) is 3.50. The summed E-state index contributed by atoms with van der Waals surface area (Å²) in [6.45, 7) is 12.6. The van der Waals surface area contributed by atoms with Crippen molar-refractivity contribution >= 4 is 6.03 Å². The van der Waals surface area contributed by atoms with Gasteiger partial charge in [-0.2, -0.15) is 0 Å². The third-order valence-electron chi connectivity index (χ3n) is 5.42. The highest BCUT2D eigenvalue weighted by atomic mass is 16.3. The molecule has 1 heterocycles. The number of aliphatic hydroxyl groups is 1. The maximum Gasteiger partial charge on any atom is 0.315 e. The standard InChI is InChI=1S/C20H43N5O2/c1-16-10-8-13-25(16)18(26)14-21-19(27)22-17(20(2,3)4)15-24(7)12-9-11-23(5)6/h16-18,26H,8-15H2,1-7H3,(H2,21,22,27)/t16-,17?,18?/m1/s1. The zero-order chi connectivity index (χ0) is 20.6. The van der Waals surface area contributed by atoms with Crippen molar-refractivity contribution < 1.29 is 9.90 Å². The van der Waals surface area contributed by atoms with Crippen LogP contribution in [0.15, 0.2) is 0 Å². The van der Waals surface area contributed by atoms with Gasteiger partial charge >= 0.3 is 6.03 Å². The molecule has 1 saturated heterocycles. The Morgan fingerprint density at radius 3 is 2.44 bits per heavy atom. The van der Waals surface area contributed by atoms with Crippen LogP contribution in [-0.2, 0) is 0 Å². The molecule has 0 bridgehead atoms. The zero-order valence-corrected chi connectivity index (χ0v) is 18.6. The van der Waals surface area contributed by atoms with Crippen LogP contribution in [0.3, 0.4) is 0 Å². The van der Waals surface area contributed by atoms with Crippen LogP contribution in [0.4, 0.5) is 4.79 Å². The molecule has 0 aliphatic carbocycles. The molecule has 0 aromatic heterocycles. The number of hydrogen-bond donors (Lipinski definition) is 3. The highest BCUT2D eigenvalue weighted by Crippen LogP contribution is 2.20. The summed E-state index contributed by atoms with van der Waals surface area (Å²) in [4.78, 5) is 18.9. The van der Waals surface area contributed by atoms with E-state index in [1.165, 1.54) is 0 Å². The summed E-state index contributed by atoms with van der Waals surface area (Å²) in [6.07, 6.45) is 2.70. The van der Waals surface area contributed by atoms with Gasteiger partial charge in [-0.25, -0.2) is 4.79 Å². The van der Waals surface area contributed by atoms with Gasteiger partial charge in [-0.05, 0) is 65.8 Å². The summed E-state index contributed by atoms with van der Waals surface area (Å²) in [5.41, 5.74) is -0.0464. The van der Waals surface area contributed by atoms with E-state index in [0.29, 0.717) is 6.04 Å². The summed E-state index contributed by atoms with van der Waals surface area (Å²) < 4.78 is 0. The number of amides is 2. The van der Waals surface area contributed by atoms with E-state index in [0.717, 1.165) is 45.4 Å². The first kappa shape index (κ1) is 24.1. The van der Waals surface area contributed by atoms with Gasteiger partial charge in [0.1, 0.15) is 6.23 Å². The van der Waals surface area contributed by atoms with E-state index in [1.807, 2.05) is 0 Å². The van der Waals surface area contributed by atoms with Crippen molar-refractivity contribution in [2.75, 3.05) is 53.9 Å². The van der Waals surface area contributed by atoms with Gasteiger partial charge in [0, 0.05) is 25.2 Å². The van der Waals surface area contributed by atoms with E-state index < -0.39 is 6.23 Å². The molecule has 0 spiro atoms. The third-order valence-corrected chi connectivity index (χ3v) is 5.42. The van der Waals surface area contributed by atoms with Crippen LogP contribution in [0.2, 0.25) is 0 Å². The number of carbonyl (C=O) groups excluding carboxylic acids is 1. The largest absolute Gasteiger partial charge is 0.376 e. The van der Waals surface area contributed by atoms with Crippen LogP contribution in [0.25, 0.3) is 0 Å². The van der Waals surface area contributed by atoms with E-state index in [1.54, 1.807) is 0 Å². The molecule has 1 aliphatic rings. The number of nitrogens with zero attached hydrogens (tertiary/aromatic N) is 3. The molecule has 2 amide bonds. The Morgan fingerprint density at radius 2 is 1.93 bits per heavy atom. The van der Waals surface area contributed by atoms with Crippen LogP contribution >= 0.6 is 0 Å². The fraction of sp³-hybridized carbons (Fsp3) is 0.950. The summed E-state index contributed by atoms with van der Waals surface area (Å²) in [5.74, 6) is 0. The van der Waals surface area contributed by atoms with Crippen molar-refractivity contribution in [3.63, 3.8) is 0 Å². The number of hydrogen-bond acceptors (Lipinski definition) is 5. The summed E-state index contributed by atoms with van der Waals surface area (Å²) >= 11 is 0. The summed E-state index contributed by atoms with van der Waals surface area (Å²) in [6, 6.07) is 0.204. The highest BCUT2D eigenvalue weighted by molar-refractivity contribution is 5.74. The number of aliphatic hydroxyl groups excluding tert-OH is 1. The normalized spacial score (nSPS) is 20.9. The molecule has 3 atom stereocenters. The number of likely N-dealkylation sites (N-methyl/N-ethyl adjacent to an activating group) is 1. The lowest BCUT2D eigenvalue weighted by Crippen LogP contribution is -2.54. The Hall–Kier alpha value is -0.890. The Kier molecular flexibility index (Phi) is 10.0. The van der Waals surface area contributed by atoms with Crippen molar-refractivity contribution in [1.29, 1.82) is 0 Å². The molecule has 7 nitrogen and oxygen atoms in total. The molecule has 1 aliphatic heterocycles. The molecular weight excluding hydrogens is 342 g/mol. The molecule has 1 rings (SSSR count). The number of carbonyl (C=O) groups is 1. The maximum absolute atomic E-state index is 12.4. The molecule has 1 fully saturated rings. The predicted octanol–water partition coefficient (Wildman–Crippen LogP) is 1.39. The quantitative estimate of drug-likeness (QED) is 0.530. The van der Waals surface area contributed by atoms with Gasteiger partial charge in [0.05, 0.1) is 6.54 Å². The van der Waals surface area contributed by atoms with Gasteiger partial charge in [-0.3, -0.25) is 4.90 Å². The molecule has 3 N–H and O–H groups in total. The topological polar surface area (TPSA) is 71.1 Å². The lowest BCUT2D eigenvalue weighted by Gasteiger charge is -2.35. The number of urea groups is 1. The van der Waals surface area contributed by atoms with Gasteiger partial charge < -0.3 is 25.5 Å². The van der Waals surface area contributed by atoms with E-state index in [-0.39, 0.29) is 24.0 Å². The first-order chi connectivity index (χ1) is 12.5. The Balaban J connectivity index is 2.44. The van der Waals surface area contributed by atoms with E-state index in [2.05, 4.69) is 74.2 Å². The number of nitrogens with one attached hydrogen (secondary N) is 2. The highest BCUT2D eigenvalue weighted by Gasteiger charge is 2.29. The van der Waals surface area contributed by atoms with E-state index >= 15 is 0 Å². The molecule has 0 radical (unpaired) electrons. The lowest BCUT2D eigenvalue weighted by molar-refractivity contribution is 0.00209. The van der Waals surface area contributed by atoms with Crippen molar-refractivity contribution in [2.24, 2.45) is 5.41 Å². The first-order valence-corrected chi connectivity index (χ1v) is 10.3. The monoisotopic (exact) mass is 385 g/mol. The summed E-state index contributed by atoms with van der Waals surface area (Å²) in [7, 11) is 6.27. The van der Waals surface area contributed by atoms with Crippen molar-refractivity contribution in [3.05, 3.63) is 0 Å². The average Bonchev–Trinajstić information content (AvgIpc) is 2.97. The molecule has 7 heteroatoms. The van der Waals surface area contributed by atoms with Gasteiger partial charge in [0.15, 0.2) is 0 Å². The average molecular weight is 386 g/mol. The second-order valence-corrected chi connectivity index (χ2v) is 9.40. The van der Waals surface area contributed by atoms with E-state index in [9.17, 15) is 9.90 Å². The molecule has 0 aromatic rings. The van der Waals surface area contributed by atoms with E-state index in [4.69, 9.17) is 0 Å². The van der Waals surface area contributed by atoms with Crippen LogP contribution in [0.1, 0.15) is 47.0 Å². The van der Waals surface area contributed by atoms with Gasteiger partial charge in [0.2, 0.25) is 0 Å². The fourth-order valence-electron chi connectivity index (χ4n) is 3.50. The number of likely N-dealkylation sites (tertiary alicyclic amines) is 1.